The van der Waals surface area contributed by atoms with Gasteiger partial charge in [0.25, 0.3) is 0 Å². The summed E-state index contributed by atoms with van der Waals surface area (Å²) in [5, 5.41) is 0. The van der Waals surface area contributed by atoms with Crippen molar-refractivity contribution in [1.82, 2.24) is 9.97 Å². The molecule has 0 aliphatic heterocycles. The number of rotatable bonds is 3. The van der Waals surface area contributed by atoms with E-state index < -0.39 is 0 Å². The predicted molar refractivity (Wildman–Crippen MR) is 86.2 cm³/mol. The second kappa shape index (κ2) is 5.60. The van der Waals surface area contributed by atoms with Crippen LogP contribution in [0.5, 0.6) is 5.75 Å². The van der Waals surface area contributed by atoms with Crippen LogP contribution >= 0.6 is 0 Å². The van der Waals surface area contributed by atoms with Crippen LogP contribution < -0.4 is 15.4 Å². The minimum Gasteiger partial charge on any atom is -0.495 e. The van der Waals surface area contributed by atoms with Gasteiger partial charge < -0.3 is 15.4 Å². The fourth-order valence-electron chi connectivity index (χ4n) is 1.99. The third-order valence-electron chi connectivity index (χ3n) is 3.19. The SMILES string of the molecule is COc1ccccc1N(C)c1cc(N)nc(C(C)(C)C)n1. The van der Waals surface area contributed by atoms with E-state index in [0.29, 0.717) is 5.82 Å². The van der Waals surface area contributed by atoms with E-state index in [4.69, 9.17) is 10.5 Å². The van der Waals surface area contributed by atoms with Crippen LogP contribution in [0.3, 0.4) is 0 Å². The molecule has 0 saturated heterocycles. The molecule has 2 rings (SSSR count). The van der Waals surface area contributed by atoms with Gasteiger partial charge in [-0.3, -0.25) is 0 Å². The fourth-order valence-corrected chi connectivity index (χ4v) is 1.99. The quantitative estimate of drug-likeness (QED) is 0.939. The topological polar surface area (TPSA) is 64.3 Å². The molecule has 0 saturated carbocycles. The molecule has 112 valence electrons. The summed E-state index contributed by atoms with van der Waals surface area (Å²) in [6.07, 6.45) is 0. The molecule has 21 heavy (non-hydrogen) atoms. The number of methoxy groups -OCH3 is 1. The highest BCUT2D eigenvalue weighted by Crippen LogP contribution is 2.32. The Labute approximate surface area is 125 Å². The third kappa shape index (κ3) is 3.24. The molecule has 2 aromatic rings. The minimum atomic E-state index is -0.161. The zero-order valence-corrected chi connectivity index (χ0v) is 13.2. The van der Waals surface area contributed by atoms with E-state index >= 15 is 0 Å². The van der Waals surface area contributed by atoms with Crippen LogP contribution in [0.4, 0.5) is 17.3 Å². The van der Waals surface area contributed by atoms with Gasteiger partial charge in [-0.1, -0.05) is 32.9 Å². The van der Waals surface area contributed by atoms with E-state index in [2.05, 4.69) is 30.7 Å². The fraction of sp³-hybridized carbons (Fsp3) is 0.375. The molecule has 1 heterocycles. The van der Waals surface area contributed by atoms with Crippen LogP contribution in [0, 0.1) is 0 Å². The molecule has 5 heteroatoms. The van der Waals surface area contributed by atoms with Gasteiger partial charge in [0.15, 0.2) is 0 Å². The van der Waals surface area contributed by atoms with Crippen LogP contribution in [-0.4, -0.2) is 24.1 Å². The van der Waals surface area contributed by atoms with E-state index in [1.165, 1.54) is 0 Å². The van der Waals surface area contributed by atoms with Gasteiger partial charge in [0.1, 0.15) is 23.2 Å². The molecule has 0 amide bonds. The van der Waals surface area contributed by atoms with Gasteiger partial charge in [-0.15, -0.1) is 0 Å². The number of para-hydroxylation sites is 2. The van der Waals surface area contributed by atoms with Crippen molar-refractivity contribution in [2.45, 2.75) is 26.2 Å². The summed E-state index contributed by atoms with van der Waals surface area (Å²) in [5.74, 6) is 2.72. The molecular formula is C16H22N4O. The second-order valence-electron chi connectivity index (χ2n) is 5.96. The summed E-state index contributed by atoms with van der Waals surface area (Å²) in [4.78, 5) is 10.9. The molecule has 0 atom stereocenters. The summed E-state index contributed by atoms with van der Waals surface area (Å²) in [7, 11) is 3.59. The molecule has 0 bridgehead atoms. The Hall–Kier alpha value is -2.30. The molecule has 0 radical (unpaired) electrons. The van der Waals surface area contributed by atoms with Crippen LogP contribution in [0.15, 0.2) is 30.3 Å². The number of hydrogen-bond donors (Lipinski definition) is 1. The Morgan fingerprint density at radius 3 is 2.43 bits per heavy atom. The summed E-state index contributed by atoms with van der Waals surface area (Å²) in [5.41, 5.74) is 6.70. The normalized spacial score (nSPS) is 11.3. The lowest BCUT2D eigenvalue weighted by Crippen LogP contribution is -2.20. The van der Waals surface area contributed by atoms with Crippen molar-refractivity contribution in [3.63, 3.8) is 0 Å². The minimum absolute atomic E-state index is 0.161. The lowest BCUT2D eigenvalue weighted by molar-refractivity contribution is 0.415. The maximum Gasteiger partial charge on any atom is 0.142 e. The molecule has 1 aromatic carbocycles. The Morgan fingerprint density at radius 1 is 1.14 bits per heavy atom. The number of nitrogens with two attached hydrogens (primary N) is 1. The van der Waals surface area contributed by atoms with Crippen molar-refractivity contribution >= 4 is 17.3 Å². The molecule has 0 spiro atoms. The van der Waals surface area contributed by atoms with E-state index in [1.807, 2.05) is 36.2 Å². The number of hydrogen-bond acceptors (Lipinski definition) is 5. The van der Waals surface area contributed by atoms with Crippen molar-refractivity contribution in [3.8, 4) is 5.75 Å². The number of nitrogen functional groups attached to an aromatic ring is 1. The summed E-state index contributed by atoms with van der Waals surface area (Å²) >= 11 is 0. The van der Waals surface area contributed by atoms with Gasteiger partial charge in [-0.05, 0) is 12.1 Å². The van der Waals surface area contributed by atoms with Crippen LogP contribution in [0.25, 0.3) is 0 Å². The zero-order valence-electron chi connectivity index (χ0n) is 13.2. The summed E-state index contributed by atoms with van der Waals surface area (Å²) in [6, 6.07) is 9.56. The largest absolute Gasteiger partial charge is 0.495 e. The van der Waals surface area contributed by atoms with E-state index in [1.54, 1.807) is 13.2 Å². The maximum absolute atomic E-state index is 5.93. The van der Waals surface area contributed by atoms with Gasteiger partial charge in [0.2, 0.25) is 0 Å². The first-order valence-corrected chi connectivity index (χ1v) is 6.84. The van der Waals surface area contributed by atoms with Crippen LogP contribution in [0.2, 0.25) is 0 Å². The average Bonchev–Trinajstić information content (AvgIpc) is 2.45. The van der Waals surface area contributed by atoms with Gasteiger partial charge in [0, 0.05) is 18.5 Å². The Kier molecular flexibility index (Phi) is 4.02. The second-order valence-corrected chi connectivity index (χ2v) is 5.96. The summed E-state index contributed by atoms with van der Waals surface area (Å²) in [6.45, 7) is 6.19. The molecule has 2 N–H and O–H groups in total. The van der Waals surface area contributed by atoms with Crippen molar-refractivity contribution in [2.24, 2.45) is 0 Å². The first kappa shape index (κ1) is 15.1. The third-order valence-corrected chi connectivity index (χ3v) is 3.19. The lowest BCUT2D eigenvalue weighted by atomic mass is 9.96. The average molecular weight is 286 g/mol. The molecule has 0 aliphatic rings. The van der Waals surface area contributed by atoms with Gasteiger partial charge in [0.05, 0.1) is 12.8 Å². The van der Waals surface area contributed by atoms with Gasteiger partial charge in [-0.25, -0.2) is 9.97 Å². The molecule has 0 aliphatic carbocycles. The first-order chi connectivity index (χ1) is 9.82. The Balaban J connectivity index is 2.48. The predicted octanol–water partition coefficient (Wildman–Crippen LogP) is 3.13. The molecule has 0 fully saturated rings. The van der Waals surface area contributed by atoms with Crippen LogP contribution in [-0.2, 0) is 5.41 Å². The number of benzene rings is 1. The van der Waals surface area contributed by atoms with Crippen molar-refractivity contribution in [1.29, 1.82) is 0 Å². The first-order valence-electron chi connectivity index (χ1n) is 6.84. The smallest absolute Gasteiger partial charge is 0.142 e. The van der Waals surface area contributed by atoms with Crippen molar-refractivity contribution < 1.29 is 4.74 Å². The molecule has 1 aromatic heterocycles. The molecule has 0 unspecified atom stereocenters. The number of ether oxygens (including phenoxy) is 1. The number of nitrogens with zero attached hydrogens (tertiary/aromatic N) is 3. The Morgan fingerprint density at radius 2 is 1.81 bits per heavy atom. The highest BCUT2D eigenvalue weighted by Gasteiger charge is 2.20. The monoisotopic (exact) mass is 286 g/mol. The highest BCUT2D eigenvalue weighted by atomic mass is 16.5. The molecule has 5 nitrogen and oxygen atoms in total. The highest BCUT2D eigenvalue weighted by molar-refractivity contribution is 5.67. The number of aromatic nitrogens is 2. The van der Waals surface area contributed by atoms with E-state index in [0.717, 1.165) is 23.1 Å². The van der Waals surface area contributed by atoms with E-state index in [-0.39, 0.29) is 5.41 Å². The van der Waals surface area contributed by atoms with Crippen LogP contribution in [0.1, 0.15) is 26.6 Å². The number of anilines is 3. The van der Waals surface area contributed by atoms with Crippen molar-refractivity contribution in [3.05, 3.63) is 36.2 Å². The van der Waals surface area contributed by atoms with Gasteiger partial charge in [-0.2, -0.15) is 0 Å². The zero-order chi connectivity index (χ0) is 15.6. The summed E-state index contributed by atoms with van der Waals surface area (Å²) < 4.78 is 5.40. The maximum atomic E-state index is 5.93. The molecular weight excluding hydrogens is 264 g/mol. The lowest BCUT2D eigenvalue weighted by Gasteiger charge is -2.24. The van der Waals surface area contributed by atoms with Gasteiger partial charge >= 0.3 is 0 Å². The Bertz CT molecular complexity index is 634. The van der Waals surface area contributed by atoms with Crippen molar-refractivity contribution in [2.75, 3.05) is 24.8 Å². The van der Waals surface area contributed by atoms with E-state index in [9.17, 15) is 0 Å². The standard InChI is InChI=1S/C16H22N4O/c1-16(2,3)15-18-13(17)10-14(19-15)20(4)11-8-6-7-9-12(11)21-5/h6-10H,1-5H3,(H2,17,18,19).